The Labute approximate surface area is 134 Å². The molecule has 0 aliphatic carbocycles. The number of hydrogen-bond acceptors (Lipinski definition) is 5. The number of halogens is 3. The van der Waals surface area contributed by atoms with Crippen LogP contribution in [0.1, 0.15) is 32.1 Å². The van der Waals surface area contributed by atoms with Gasteiger partial charge in [0.1, 0.15) is 5.56 Å². The molecule has 128 valence electrons. The van der Waals surface area contributed by atoms with Crippen molar-refractivity contribution in [3.63, 3.8) is 0 Å². The molecule has 2 aromatic rings. The van der Waals surface area contributed by atoms with Gasteiger partial charge >= 0.3 is 18.1 Å². The molecule has 0 amide bonds. The number of benzene rings is 1. The first-order valence-electron chi connectivity index (χ1n) is 6.68. The predicted octanol–water partition coefficient (Wildman–Crippen LogP) is 2.52. The molecular weight excluding hydrogens is 329 g/mol. The summed E-state index contributed by atoms with van der Waals surface area (Å²) in [5.41, 5.74) is -2.56. The second-order valence-corrected chi connectivity index (χ2v) is 4.70. The summed E-state index contributed by atoms with van der Waals surface area (Å²) >= 11 is 0. The number of hydrogen-bond donors (Lipinski definition) is 0. The van der Waals surface area contributed by atoms with Gasteiger partial charge in [-0.1, -0.05) is 30.3 Å². The highest BCUT2D eigenvalue weighted by molar-refractivity contribution is 6.02. The van der Waals surface area contributed by atoms with Crippen molar-refractivity contribution < 1.29 is 32.2 Å². The minimum atomic E-state index is -4.92. The zero-order valence-electron chi connectivity index (χ0n) is 12.8. The summed E-state index contributed by atoms with van der Waals surface area (Å²) in [5, 5.41) is 3.63. The third-order valence-corrected chi connectivity index (χ3v) is 3.16. The highest BCUT2D eigenvalue weighted by atomic mass is 19.4. The van der Waals surface area contributed by atoms with E-state index in [1.165, 1.54) is 0 Å². The smallest absolute Gasteiger partial charge is 0.433 e. The van der Waals surface area contributed by atoms with Crippen LogP contribution in [0.25, 0.3) is 0 Å². The Morgan fingerprint density at radius 2 is 1.67 bits per heavy atom. The summed E-state index contributed by atoms with van der Waals surface area (Å²) in [6.45, 7) is -0.281. The van der Waals surface area contributed by atoms with E-state index in [1.54, 1.807) is 30.3 Å². The van der Waals surface area contributed by atoms with Gasteiger partial charge in [-0.15, -0.1) is 0 Å². The van der Waals surface area contributed by atoms with Crippen molar-refractivity contribution in [2.24, 2.45) is 0 Å². The molecule has 1 heterocycles. The van der Waals surface area contributed by atoms with Gasteiger partial charge in [-0.25, -0.2) is 9.59 Å². The SMILES string of the molecule is COC(=O)c1nn(Cc2ccccc2)c(C(F)(F)F)c1C(=O)OC. The number of aromatic nitrogens is 2. The van der Waals surface area contributed by atoms with Crippen LogP contribution in [0.15, 0.2) is 30.3 Å². The molecule has 0 radical (unpaired) electrons. The third-order valence-electron chi connectivity index (χ3n) is 3.16. The molecule has 0 aliphatic heterocycles. The van der Waals surface area contributed by atoms with Crippen molar-refractivity contribution in [3.8, 4) is 0 Å². The number of esters is 2. The summed E-state index contributed by atoms with van der Waals surface area (Å²) in [4.78, 5) is 23.5. The van der Waals surface area contributed by atoms with E-state index in [4.69, 9.17) is 0 Å². The molecule has 6 nitrogen and oxygen atoms in total. The normalized spacial score (nSPS) is 11.2. The van der Waals surface area contributed by atoms with Crippen LogP contribution in [0.2, 0.25) is 0 Å². The standard InChI is InChI=1S/C15H13F3N2O4/c1-23-13(21)10-11(14(22)24-2)19-20(12(10)15(16,17)18)8-9-6-4-3-5-7-9/h3-7H,8H2,1-2H3. The van der Waals surface area contributed by atoms with Crippen LogP contribution in [0.5, 0.6) is 0 Å². The van der Waals surface area contributed by atoms with Gasteiger partial charge in [0.05, 0.1) is 20.8 Å². The van der Waals surface area contributed by atoms with Crippen LogP contribution in [-0.2, 0) is 22.2 Å². The lowest BCUT2D eigenvalue weighted by Gasteiger charge is -2.12. The van der Waals surface area contributed by atoms with E-state index in [9.17, 15) is 22.8 Å². The first-order valence-corrected chi connectivity index (χ1v) is 6.68. The van der Waals surface area contributed by atoms with E-state index in [0.29, 0.717) is 10.2 Å². The predicted molar refractivity (Wildman–Crippen MR) is 75.5 cm³/mol. The van der Waals surface area contributed by atoms with Crippen LogP contribution in [0, 0.1) is 0 Å². The van der Waals surface area contributed by atoms with Crippen molar-refractivity contribution in [1.29, 1.82) is 0 Å². The second kappa shape index (κ2) is 6.73. The lowest BCUT2D eigenvalue weighted by atomic mass is 10.1. The quantitative estimate of drug-likeness (QED) is 0.799. The van der Waals surface area contributed by atoms with Crippen LogP contribution < -0.4 is 0 Å². The van der Waals surface area contributed by atoms with Gasteiger partial charge < -0.3 is 9.47 Å². The highest BCUT2D eigenvalue weighted by Gasteiger charge is 2.44. The number of ether oxygens (including phenoxy) is 2. The number of rotatable bonds is 4. The summed E-state index contributed by atoms with van der Waals surface area (Å²) in [7, 11) is 1.89. The summed E-state index contributed by atoms with van der Waals surface area (Å²) in [5.74, 6) is -2.48. The fourth-order valence-corrected chi connectivity index (χ4v) is 2.16. The Morgan fingerprint density at radius 3 is 2.17 bits per heavy atom. The average Bonchev–Trinajstić information content (AvgIpc) is 2.93. The first-order chi connectivity index (χ1) is 11.3. The Hall–Kier alpha value is -2.84. The Bertz CT molecular complexity index is 754. The topological polar surface area (TPSA) is 70.4 Å². The maximum Gasteiger partial charge on any atom is 0.433 e. The molecule has 0 N–H and O–H groups in total. The van der Waals surface area contributed by atoms with E-state index in [0.717, 1.165) is 14.2 Å². The van der Waals surface area contributed by atoms with E-state index in [-0.39, 0.29) is 6.54 Å². The second-order valence-electron chi connectivity index (χ2n) is 4.70. The van der Waals surface area contributed by atoms with Gasteiger partial charge in [-0.05, 0) is 5.56 Å². The minimum Gasteiger partial charge on any atom is -0.465 e. The Morgan fingerprint density at radius 1 is 1.08 bits per heavy atom. The minimum absolute atomic E-state index is 0.281. The molecule has 1 aromatic carbocycles. The van der Waals surface area contributed by atoms with Gasteiger partial charge in [0.2, 0.25) is 0 Å². The van der Waals surface area contributed by atoms with Crippen molar-refractivity contribution in [2.75, 3.05) is 14.2 Å². The summed E-state index contributed by atoms with van der Waals surface area (Å²) in [6.07, 6.45) is -4.92. The molecule has 0 spiro atoms. The first kappa shape index (κ1) is 17.5. The lowest BCUT2D eigenvalue weighted by molar-refractivity contribution is -0.144. The van der Waals surface area contributed by atoms with Crippen molar-refractivity contribution in [2.45, 2.75) is 12.7 Å². The monoisotopic (exact) mass is 342 g/mol. The molecule has 2 rings (SSSR count). The number of carbonyl (C=O) groups is 2. The van der Waals surface area contributed by atoms with Crippen molar-refractivity contribution >= 4 is 11.9 Å². The fraction of sp³-hybridized carbons (Fsp3) is 0.267. The van der Waals surface area contributed by atoms with Crippen molar-refractivity contribution in [3.05, 3.63) is 52.8 Å². The molecule has 0 atom stereocenters. The molecular formula is C15H13F3N2O4. The lowest BCUT2D eigenvalue weighted by Crippen LogP contribution is -2.19. The molecule has 24 heavy (non-hydrogen) atoms. The van der Waals surface area contributed by atoms with Crippen LogP contribution in [-0.4, -0.2) is 35.9 Å². The molecule has 1 aromatic heterocycles. The van der Waals surface area contributed by atoms with Gasteiger partial charge in [0, 0.05) is 0 Å². The highest BCUT2D eigenvalue weighted by Crippen LogP contribution is 2.34. The number of nitrogens with zero attached hydrogens (tertiary/aromatic N) is 2. The Kier molecular flexibility index (Phi) is 4.91. The molecule has 0 saturated carbocycles. The maximum atomic E-state index is 13.5. The van der Waals surface area contributed by atoms with Gasteiger partial charge in [-0.3, -0.25) is 4.68 Å². The maximum absolute atomic E-state index is 13.5. The largest absolute Gasteiger partial charge is 0.465 e. The molecule has 0 saturated heterocycles. The van der Waals surface area contributed by atoms with Crippen LogP contribution >= 0.6 is 0 Å². The van der Waals surface area contributed by atoms with E-state index >= 15 is 0 Å². The molecule has 0 aliphatic rings. The van der Waals surface area contributed by atoms with E-state index in [1.807, 2.05) is 0 Å². The third kappa shape index (κ3) is 3.39. The molecule has 0 fully saturated rings. The van der Waals surface area contributed by atoms with Crippen molar-refractivity contribution in [1.82, 2.24) is 9.78 Å². The Balaban J connectivity index is 2.67. The zero-order chi connectivity index (χ0) is 17.9. The van der Waals surface area contributed by atoms with Crippen LogP contribution in [0.4, 0.5) is 13.2 Å². The fourth-order valence-electron chi connectivity index (χ4n) is 2.16. The number of carbonyl (C=O) groups excluding carboxylic acids is 2. The molecule has 0 unspecified atom stereocenters. The molecule has 0 bridgehead atoms. The zero-order valence-corrected chi connectivity index (χ0v) is 12.8. The summed E-state index contributed by atoms with van der Waals surface area (Å²) < 4.78 is 49.7. The van der Waals surface area contributed by atoms with E-state index in [2.05, 4.69) is 14.6 Å². The van der Waals surface area contributed by atoms with Gasteiger partial charge in [0.15, 0.2) is 11.4 Å². The van der Waals surface area contributed by atoms with Gasteiger partial charge in [-0.2, -0.15) is 18.3 Å². The molecule has 9 heteroatoms. The van der Waals surface area contributed by atoms with Gasteiger partial charge in [0.25, 0.3) is 0 Å². The number of alkyl halides is 3. The summed E-state index contributed by atoms with van der Waals surface area (Å²) in [6, 6.07) is 8.19. The number of methoxy groups -OCH3 is 2. The van der Waals surface area contributed by atoms with E-state index < -0.39 is 35.1 Å². The van der Waals surface area contributed by atoms with Crippen LogP contribution in [0.3, 0.4) is 0 Å². The average molecular weight is 342 g/mol.